The fourth-order valence-corrected chi connectivity index (χ4v) is 8.31. The molecule has 3 fully saturated rings. The van der Waals surface area contributed by atoms with Gasteiger partial charge in [-0.3, -0.25) is 14.7 Å². The summed E-state index contributed by atoms with van der Waals surface area (Å²) in [7, 11) is 0. The molecule has 0 unspecified atom stereocenters. The van der Waals surface area contributed by atoms with E-state index in [1.165, 1.54) is 12.3 Å². The van der Waals surface area contributed by atoms with E-state index in [0.29, 0.717) is 58.0 Å². The Bertz CT molecular complexity index is 2360. The highest BCUT2D eigenvalue weighted by atomic mass is 35.5. The van der Waals surface area contributed by atoms with Crippen LogP contribution >= 0.6 is 11.6 Å². The zero-order chi connectivity index (χ0) is 37.6. The second-order valence-corrected chi connectivity index (χ2v) is 14.4. The van der Waals surface area contributed by atoms with Gasteiger partial charge in [-0.25, -0.2) is 23.7 Å². The van der Waals surface area contributed by atoms with E-state index < -0.39 is 23.6 Å². The molecule has 0 radical (unpaired) electrons. The number of hydrogen-bond acceptors (Lipinski definition) is 12. The van der Waals surface area contributed by atoms with Crippen LogP contribution in [0, 0.1) is 24.1 Å². The molecular weight excluding hydrogens is 716 g/mol. The Hall–Kier alpha value is -5.59. The van der Waals surface area contributed by atoms with Gasteiger partial charge in [-0.15, -0.1) is 0 Å². The fourth-order valence-electron chi connectivity index (χ4n) is 8.04. The first-order valence-electron chi connectivity index (χ1n) is 17.8. The number of ether oxygens (including phenoxy) is 1. The van der Waals surface area contributed by atoms with Crippen LogP contribution in [0.5, 0.6) is 6.01 Å². The van der Waals surface area contributed by atoms with E-state index in [1.54, 1.807) is 54.4 Å². The topological polar surface area (TPSA) is 163 Å². The number of carbonyl (C=O) groups is 1. The van der Waals surface area contributed by atoms with Gasteiger partial charge in [-0.05, 0) is 56.0 Å². The number of nitrogen functional groups attached to an aromatic ring is 1. The number of aryl methyl sites for hydroxylation is 1. The third kappa shape index (κ3) is 6.60. The van der Waals surface area contributed by atoms with Gasteiger partial charge in [-0.2, -0.15) is 15.2 Å². The van der Waals surface area contributed by atoms with Crippen LogP contribution in [0.4, 0.5) is 20.4 Å². The summed E-state index contributed by atoms with van der Waals surface area (Å²) in [5, 5.41) is 11.6. The highest BCUT2D eigenvalue weighted by Crippen LogP contribution is 2.41. The molecule has 54 heavy (non-hydrogen) atoms. The molecule has 0 saturated carbocycles. The molecule has 1 amide bonds. The van der Waals surface area contributed by atoms with Crippen molar-refractivity contribution in [2.24, 2.45) is 0 Å². The number of nitrogens with zero attached hydrogens (tertiary/aromatic N) is 10. The van der Waals surface area contributed by atoms with Crippen LogP contribution in [0.1, 0.15) is 37.2 Å². The molecule has 8 rings (SSSR count). The second kappa shape index (κ2) is 14.3. The molecule has 3 atom stereocenters. The van der Waals surface area contributed by atoms with E-state index in [2.05, 4.69) is 35.9 Å². The monoisotopic (exact) mass is 751 g/mol. The van der Waals surface area contributed by atoms with Gasteiger partial charge in [0.1, 0.15) is 47.1 Å². The standard InChI is InChI=1S/C38H36ClF2N11O2/c1-22-44-12-9-25(46-22)6-7-30(53)52-15-14-50(20-26(52)8-11-42)36-27-18-45-35(34-31-23(16-29(43)47-34)4-2-5-28(31)39)32(41)33(27)48-37(49-36)54-21-38-10-3-13-51(38)19-24(40)17-38/h2,4-7,9,12,16,18,24,26H,3,8,10,13-15,17,19-21H2,1H3,(H2,43,47)/b7-6+/t24-,26+,38+/m1/s1. The summed E-state index contributed by atoms with van der Waals surface area (Å²) in [6, 6.07) is 10.2. The van der Waals surface area contributed by atoms with E-state index in [9.17, 15) is 14.4 Å². The van der Waals surface area contributed by atoms with Crippen LogP contribution in [-0.2, 0) is 4.79 Å². The Morgan fingerprint density at radius 1 is 1.15 bits per heavy atom. The molecule has 0 aliphatic carbocycles. The summed E-state index contributed by atoms with van der Waals surface area (Å²) >= 11 is 6.60. The number of rotatable bonds is 8. The molecule has 1 aromatic carbocycles. The highest BCUT2D eigenvalue weighted by molar-refractivity contribution is 6.36. The Balaban J connectivity index is 1.18. The Morgan fingerprint density at radius 2 is 2.02 bits per heavy atom. The average molecular weight is 752 g/mol. The summed E-state index contributed by atoms with van der Waals surface area (Å²) in [6.07, 6.45) is 7.26. The predicted molar refractivity (Wildman–Crippen MR) is 200 cm³/mol. The van der Waals surface area contributed by atoms with Gasteiger partial charge in [0.25, 0.3) is 0 Å². The lowest BCUT2D eigenvalue weighted by Crippen LogP contribution is -2.55. The summed E-state index contributed by atoms with van der Waals surface area (Å²) in [6.45, 7) is 3.79. The Labute approximate surface area is 314 Å². The molecule has 3 aliphatic rings. The number of hydrogen-bond donors (Lipinski definition) is 1. The molecule has 0 spiro atoms. The third-order valence-corrected chi connectivity index (χ3v) is 10.8. The minimum absolute atomic E-state index is 0.0452. The number of anilines is 2. The smallest absolute Gasteiger partial charge is 0.319 e. The lowest BCUT2D eigenvalue weighted by molar-refractivity contribution is -0.128. The Kier molecular flexibility index (Phi) is 9.41. The first-order valence-corrected chi connectivity index (χ1v) is 18.1. The van der Waals surface area contributed by atoms with Crippen LogP contribution in [0.25, 0.3) is 39.1 Å². The molecule has 13 nitrogen and oxygen atoms in total. The molecule has 0 bridgehead atoms. The van der Waals surface area contributed by atoms with Gasteiger partial charge in [0.2, 0.25) is 5.91 Å². The van der Waals surface area contributed by atoms with Crippen LogP contribution in [0.15, 0.2) is 48.8 Å². The van der Waals surface area contributed by atoms with Gasteiger partial charge < -0.3 is 20.3 Å². The number of amides is 1. The van der Waals surface area contributed by atoms with Crippen molar-refractivity contribution in [3.05, 3.63) is 71.2 Å². The SMILES string of the molecule is Cc1nccc(/C=C/C(=O)N2CCN(c3nc(OC[C@@]45CCCN4C[C@H](F)C5)nc4c(F)c(-c5nc(N)cc6cccc(Cl)c56)ncc34)C[C@@H]2CC#N)n1. The summed E-state index contributed by atoms with van der Waals surface area (Å²) < 4.78 is 37.9. The number of aromatic nitrogens is 6. The number of nitriles is 1. The molecule has 5 aromatic rings. The fraction of sp³-hybridized carbons (Fsp3) is 0.368. The molecule has 16 heteroatoms. The number of pyridine rings is 2. The molecule has 3 saturated heterocycles. The lowest BCUT2D eigenvalue weighted by atomic mass is 9.95. The minimum Gasteiger partial charge on any atom is -0.461 e. The Morgan fingerprint density at radius 3 is 2.85 bits per heavy atom. The van der Waals surface area contributed by atoms with Gasteiger partial charge in [-0.1, -0.05) is 23.7 Å². The number of fused-ring (bicyclic) bond motifs is 3. The van der Waals surface area contributed by atoms with E-state index in [0.717, 1.165) is 19.4 Å². The van der Waals surface area contributed by atoms with Gasteiger partial charge in [0.15, 0.2) is 5.82 Å². The first kappa shape index (κ1) is 35.4. The van der Waals surface area contributed by atoms with Gasteiger partial charge in [0, 0.05) is 56.5 Å². The van der Waals surface area contributed by atoms with Crippen molar-refractivity contribution >= 4 is 56.9 Å². The first-order chi connectivity index (χ1) is 26.1. The maximum atomic E-state index is 17.0. The maximum Gasteiger partial charge on any atom is 0.319 e. The zero-order valence-corrected chi connectivity index (χ0v) is 30.2. The minimum atomic E-state index is -0.962. The van der Waals surface area contributed by atoms with Crippen LogP contribution in [-0.4, -0.2) is 103 Å². The molecule has 2 N–H and O–H groups in total. The van der Waals surface area contributed by atoms with Crippen LogP contribution in [0.2, 0.25) is 5.02 Å². The van der Waals surface area contributed by atoms with Crippen LogP contribution in [0.3, 0.4) is 0 Å². The van der Waals surface area contributed by atoms with Crippen molar-refractivity contribution in [2.45, 2.75) is 50.4 Å². The summed E-state index contributed by atoms with van der Waals surface area (Å²) in [4.78, 5) is 45.8. The normalized spacial score (nSPS) is 21.6. The largest absolute Gasteiger partial charge is 0.461 e. The molecular formula is C38H36ClF2N11O2. The second-order valence-electron chi connectivity index (χ2n) is 14.0. The number of halogens is 3. The van der Waals surface area contributed by atoms with Crippen molar-refractivity contribution in [3.63, 3.8) is 0 Å². The number of alkyl halides is 1. The van der Waals surface area contributed by atoms with Crippen molar-refractivity contribution < 1.29 is 18.3 Å². The molecule has 276 valence electrons. The van der Waals surface area contributed by atoms with Crippen molar-refractivity contribution in [1.29, 1.82) is 5.26 Å². The van der Waals surface area contributed by atoms with Crippen molar-refractivity contribution in [1.82, 2.24) is 39.7 Å². The van der Waals surface area contributed by atoms with Gasteiger partial charge in [0.05, 0.1) is 40.2 Å². The van der Waals surface area contributed by atoms with E-state index in [-0.39, 0.29) is 60.8 Å². The number of piperazine rings is 1. The van der Waals surface area contributed by atoms with Crippen molar-refractivity contribution in [3.8, 4) is 23.5 Å². The summed E-state index contributed by atoms with van der Waals surface area (Å²) in [5.41, 5.74) is 6.22. The van der Waals surface area contributed by atoms with Crippen LogP contribution < -0.4 is 15.4 Å². The third-order valence-electron chi connectivity index (χ3n) is 10.5. The molecule has 7 heterocycles. The van der Waals surface area contributed by atoms with E-state index >= 15 is 4.39 Å². The summed E-state index contributed by atoms with van der Waals surface area (Å²) in [5.74, 6) is 0.0146. The van der Waals surface area contributed by atoms with E-state index in [1.807, 2.05) is 4.90 Å². The number of benzene rings is 1. The highest BCUT2D eigenvalue weighted by Gasteiger charge is 2.49. The molecule has 3 aliphatic heterocycles. The zero-order valence-electron chi connectivity index (χ0n) is 29.4. The van der Waals surface area contributed by atoms with Crippen molar-refractivity contribution in [2.75, 3.05) is 50.0 Å². The average Bonchev–Trinajstić information content (AvgIpc) is 3.68. The maximum absolute atomic E-state index is 17.0. The number of nitrogens with two attached hydrogens (primary N) is 1. The predicted octanol–water partition coefficient (Wildman–Crippen LogP) is 5.31. The van der Waals surface area contributed by atoms with Gasteiger partial charge >= 0.3 is 6.01 Å². The lowest BCUT2D eigenvalue weighted by Gasteiger charge is -2.41. The quantitative estimate of drug-likeness (QED) is 0.204. The molecule has 4 aromatic heterocycles. The van der Waals surface area contributed by atoms with E-state index in [4.69, 9.17) is 27.1 Å². The number of carbonyl (C=O) groups excluding carboxylic acids is 1.